The molecule has 0 atom stereocenters. The van der Waals surface area contributed by atoms with Crippen LogP contribution in [0.1, 0.15) is 0 Å². The molecule has 2 rings (SSSR count). The summed E-state index contributed by atoms with van der Waals surface area (Å²) in [5.41, 5.74) is 0.925. The lowest BCUT2D eigenvalue weighted by Gasteiger charge is -2.20. The summed E-state index contributed by atoms with van der Waals surface area (Å²) in [6.07, 6.45) is 1.40. The fraction of sp³-hybridized carbons (Fsp3) is 0.111. The number of carbonyl (C=O) groups is 1. The van der Waals surface area contributed by atoms with Crippen molar-refractivity contribution in [3.63, 3.8) is 0 Å². The Labute approximate surface area is 75.9 Å². The highest BCUT2D eigenvalue weighted by molar-refractivity contribution is 5.93. The molecular weight excluding hydrogens is 166 g/mol. The van der Waals surface area contributed by atoms with Crippen molar-refractivity contribution >= 4 is 17.9 Å². The van der Waals surface area contributed by atoms with Gasteiger partial charge in [-0.2, -0.15) is 5.10 Å². The van der Waals surface area contributed by atoms with E-state index in [4.69, 9.17) is 0 Å². The van der Waals surface area contributed by atoms with Crippen LogP contribution in [0.2, 0.25) is 0 Å². The van der Waals surface area contributed by atoms with Crippen molar-refractivity contribution < 1.29 is 4.79 Å². The molecule has 1 amide bonds. The minimum atomic E-state index is -0.0427. The van der Waals surface area contributed by atoms with Gasteiger partial charge in [0, 0.05) is 0 Å². The first-order chi connectivity index (χ1) is 6.36. The second kappa shape index (κ2) is 3.26. The Bertz CT molecular complexity index is 334. The average Bonchev–Trinajstić information content (AvgIpc) is 2.19. The molecule has 0 aliphatic carbocycles. The van der Waals surface area contributed by atoms with E-state index >= 15 is 0 Å². The van der Waals surface area contributed by atoms with E-state index in [0.29, 0.717) is 0 Å². The predicted molar refractivity (Wildman–Crippen MR) is 50.4 cm³/mol. The molecule has 4 nitrogen and oxygen atoms in total. The van der Waals surface area contributed by atoms with Crippen LogP contribution in [0, 0.1) is 0 Å². The molecule has 13 heavy (non-hydrogen) atoms. The normalized spacial score (nSPS) is 15.7. The molecule has 1 aromatic rings. The van der Waals surface area contributed by atoms with Gasteiger partial charge in [0.25, 0.3) is 0 Å². The molecule has 0 aromatic heterocycles. The van der Waals surface area contributed by atoms with Crippen LogP contribution in [0.15, 0.2) is 35.4 Å². The summed E-state index contributed by atoms with van der Waals surface area (Å²) in [6.45, 7) is 0.278. The third kappa shape index (κ3) is 1.66. The van der Waals surface area contributed by atoms with Crippen LogP contribution in [0.3, 0.4) is 0 Å². The summed E-state index contributed by atoms with van der Waals surface area (Å²) >= 11 is 0. The fourth-order valence-electron chi connectivity index (χ4n) is 1.15. The number of hydrogen-bond acceptors (Lipinski definition) is 3. The highest BCUT2D eigenvalue weighted by Gasteiger charge is 2.12. The van der Waals surface area contributed by atoms with Gasteiger partial charge in [0.2, 0.25) is 5.91 Å². The van der Waals surface area contributed by atoms with Crippen LogP contribution in [0.25, 0.3) is 0 Å². The number of benzene rings is 1. The highest BCUT2D eigenvalue weighted by Crippen LogP contribution is 2.13. The third-order valence-electron chi connectivity index (χ3n) is 1.77. The van der Waals surface area contributed by atoms with E-state index in [2.05, 4.69) is 10.4 Å². The van der Waals surface area contributed by atoms with E-state index in [1.54, 1.807) is 5.01 Å². The zero-order chi connectivity index (χ0) is 9.10. The second-order valence-electron chi connectivity index (χ2n) is 2.71. The summed E-state index contributed by atoms with van der Waals surface area (Å²) < 4.78 is 0. The first kappa shape index (κ1) is 7.79. The molecule has 1 heterocycles. The van der Waals surface area contributed by atoms with Crippen LogP contribution in [0.4, 0.5) is 5.69 Å². The monoisotopic (exact) mass is 175 g/mol. The maximum atomic E-state index is 11.0. The Morgan fingerprint density at radius 1 is 1.31 bits per heavy atom. The summed E-state index contributed by atoms with van der Waals surface area (Å²) in [6, 6.07) is 9.58. The van der Waals surface area contributed by atoms with Gasteiger partial charge < -0.3 is 5.32 Å². The van der Waals surface area contributed by atoms with Gasteiger partial charge in [-0.05, 0) is 12.1 Å². The van der Waals surface area contributed by atoms with Crippen molar-refractivity contribution in [2.24, 2.45) is 5.10 Å². The van der Waals surface area contributed by atoms with E-state index in [0.717, 1.165) is 5.69 Å². The van der Waals surface area contributed by atoms with Crippen LogP contribution >= 0.6 is 0 Å². The Morgan fingerprint density at radius 2 is 2.08 bits per heavy atom. The lowest BCUT2D eigenvalue weighted by Crippen LogP contribution is -2.39. The molecule has 1 N–H and O–H groups in total. The molecule has 0 bridgehead atoms. The quantitative estimate of drug-likeness (QED) is 0.678. The molecule has 0 unspecified atom stereocenters. The van der Waals surface area contributed by atoms with Gasteiger partial charge in [-0.1, -0.05) is 18.2 Å². The maximum Gasteiger partial charge on any atom is 0.246 e. The summed E-state index contributed by atoms with van der Waals surface area (Å²) in [7, 11) is 0. The topological polar surface area (TPSA) is 44.7 Å². The summed E-state index contributed by atoms with van der Waals surface area (Å²) in [4.78, 5) is 11.0. The van der Waals surface area contributed by atoms with Crippen molar-refractivity contribution in [3.8, 4) is 0 Å². The third-order valence-corrected chi connectivity index (χ3v) is 1.77. The first-order valence-corrected chi connectivity index (χ1v) is 4.01. The molecule has 0 saturated heterocycles. The maximum absolute atomic E-state index is 11.0. The Morgan fingerprint density at radius 3 is 2.77 bits per heavy atom. The van der Waals surface area contributed by atoms with Crippen molar-refractivity contribution in [1.82, 2.24) is 5.32 Å². The second-order valence-corrected chi connectivity index (χ2v) is 2.71. The van der Waals surface area contributed by atoms with Gasteiger partial charge in [0.05, 0.1) is 5.69 Å². The Balaban J connectivity index is 2.22. The Hall–Kier alpha value is -1.84. The van der Waals surface area contributed by atoms with Crippen molar-refractivity contribution in [2.45, 2.75) is 0 Å². The van der Waals surface area contributed by atoms with Gasteiger partial charge in [-0.15, -0.1) is 0 Å². The van der Waals surface area contributed by atoms with Gasteiger partial charge in [-0.25, -0.2) is 0 Å². The number of anilines is 1. The number of hydrazone groups is 1. The van der Waals surface area contributed by atoms with E-state index in [1.165, 1.54) is 6.34 Å². The molecule has 0 fully saturated rings. The Kier molecular flexibility index (Phi) is 1.96. The molecule has 1 aliphatic heterocycles. The first-order valence-electron chi connectivity index (χ1n) is 4.01. The van der Waals surface area contributed by atoms with Crippen LogP contribution in [0.5, 0.6) is 0 Å². The number of carbonyl (C=O) groups excluding carboxylic acids is 1. The minimum Gasteiger partial charge on any atom is -0.314 e. The van der Waals surface area contributed by atoms with Crippen LogP contribution in [-0.2, 0) is 4.79 Å². The zero-order valence-electron chi connectivity index (χ0n) is 6.97. The molecule has 4 heteroatoms. The molecule has 1 aliphatic rings. The van der Waals surface area contributed by atoms with Crippen molar-refractivity contribution in [3.05, 3.63) is 30.3 Å². The minimum absolute atomic E-state index is 0.0427. The van der Waals surface area contributed by atoms with Gasteiger partial charge in [0.1, 0.15) is 12.9 Å². The van der Waals surface area contributed by atoms with Gasteiger partial charge in [-0.3, -0.25) is 9.80 Å². The smallest absolute Gasteiger partial charge is 0.246 e. The van der Waals surface area contributed by atoms with Crippen molar-refractivity contribution in [1.29, 1.82) is 0 Å². The number of nitrogens with one attached hydrogen (secondary N) is 1. The predicted octanol–water partition coefficient (Wildman–Crippen LogP) is 0.566. The standard InChI is InChI=1S/C9H9N3O/c13-9-6-12(11-7-10-9)8-4-2-1-3-5-8/h1-5,7H,6H2,(H,10,11,13). The van der Waals surface area contributed by atoms with Gasteiger partial charge >= 0.3 is 0 Å². The zero-order valence-corrected chi connectivity index (χ0v) is 6.97. The molecule has 0 spiro atoms. The highest BCUT2D eigenvalue weighted by atomic mass is 16.2. The number of hydrogen-bond donors (Lipinski definition) is 1. The molecular formula is C9H9N3O. The molecule has 1 aromatic carbocycles. The van der Waals surface area contributed by atoms with E-state index in [9.17, 15) is 4.79 Å². The lowest BCUT2D eigenvalue weighted by molar-refractivity contribution is -0.118. The average molecular weight is 175 g/mol. The van der Waals surface area contributed by atoms with E-state index in [-0.39, 0.29) is 12.5 Å². The summed E-state index contributed by atoms with van der Waals surface area (Å²) in [5.74, 6) is -0.0427. The fourth-order valence-corrected chi connectivity index (χ4v) is 1.15. The van der Waals surface area contributed by atoms with Crippen LogP contribution < -0.4 is 10.3 Å². The van der Waals surface area contributed by atoms with Crippen LogP contribution in [-0.4, -0.2) is 18.8 Å². The van der Waals surface area contributed by atoms with Gasteiger partial charge in [0.15, 0.2) is 0 Å². The number of amides is 1. The lowest BCUT2D eigenvalue weighted by atomic mass is 10.3. The summed E-state index contributed by atoms with van der Waals surface area (Å²) in [5, 5.41) is 8.19. The largest absolute Gasteiger partial charge is 0.314 e. The number of rotatable bonds is 1. The molecule has 66 valence electrons. The van der Waals surface area contributed by atoms with E-state index in [1.807, 2.05) is 30.3 Å². The molecule has 0 saturated carbocycles. The molecule has 0 radical (unpaired) electrons. The number of nitrogens with zero attached hydrogens (tertiary/aromatic N) is 2. The number of para-hydroxylation sites is 1. The SMILES string of the molecule is O=C1CN(c2ccccc2)N=CN1. The van der Waals surface area contributed by atoms with Crippen molar-refractivity contribution in [2.75, 3.05) is 11.6 Å². The van der Waals surface area contributed by atoms with E-state index < -0.39 is 0 Å².